The van der Waals surface area contributed by atoms with Crippen LogP contribution in [-0.2, 0) is 0 Å². The van der Waals surface area contributed by atoms with Gasteiger partial charge in [0.2, 0.25) is 0 Å². The second kappa shape index (κ2) is 4.09. The van der Waals surface area contributed by atoms with Gasteiger partial charge in [-0.15, -0.1) is 0 Å². The van der Waals surface area contributed by atoms with Crippen molar-refractivity contribution in [2.24, 2.45) is 0 Å². The van der Waals surface area contributed by atoms with Gasteiger partial charge in [0.15, 0.2) is 5.78 Å². The van der Waals surface area contributed by atoms with Gasteiger partial charge < -0.3 is 9.52 Å². The maximum Gasteiger partial charge on any atom is 0.350 e. The standard InChI is InChI=1S/C10H12O4/c1-3-4-7(11)9-8(12)5-6(2)14-10(9)13/h5,12H,3-4H2,1-2H3. The van der Waals surface area contributed by atoms with Crippen LogP contribution in [-0.4, -0.2) is 10.9 Å². The van der Waals surface area contributed by atoms with E-state index in [1.165, 1.54) is 13.0 Å². The Morgan fingerprint density at radius 3 is 2.71 bits per heavy atom. The quantitative estimate of drug-likeness (QED) is 0.746. The summed E-state index contributed by atoms with van der Waals surface area (Å²) in [7, 11) is 0. The predicted octanol–water partition coefficient (Wildman–Crippen LogP) is 1.64. The minimum Gasteiger partial charge on any atom is -0.507 e. The van der Waals surface area contributed by atoms with Crippen molar-refractivity contribution in [2.75, 3.05) is 0 Å². The second-order valence-corrected chi connectivity index (χ2v) is 3.08. The summed E-state index contributed by atoms with van der Waals surface area (Å²) in [6.45, 7) is 3.36. The van der Waals surface area contributed by atoms with Gasteiger partial charge in [0.25, 0.3) is 0 Å². The van der Waals surface area contributed by atoms with Crippen molar-refractivity contribution in [3.05, 3.63) is 27.8 Å². The third-order valence-electron chi connectivity index (χ3n) is 1.81. The van der Waals surface area contributed by atoms with E-state index in [0.29, 0.717) is 12.2 Å². The molecule has 1 aromatic rings. The van der Waals surface area contributed by atoms with Gasteiger partial charge in [-0.05, 0) is 13.3 Å². The van der Waals surface area contributed by atoms with Crippen molar-refractivity contribution in [2.45, 2.75) is 26.7 Å². The van der Waals surface area contributed by atoms with Crippen LogP contribution >= 0.6 is 0 Å². The summed E-state index contributed by atoms with van der Waals surface area (Å²) in [5, 5.41) is 9.39. The smallest absolute Gasteiger partial charge is 0.350 e. The number of rotatable bonds is 3. The molecular weight excluding hydrogens is 184 g/mol. The third kappa shape index (κ3) is 2.02. The van der Waals surface area contributed by atoms with E-state index >= 15 is 0 Å². The van der Waals surface area contributed by atoms with Crippen LogP contribution in [0.15, 0.2) is 15.3 Å². The van der Waals surface area contributed by atoms with Crippen LogP contribution in [0.2, 0.25) is 0 Å². The lowest BCUT2D eigenvalue weighted by atomic mass is 10.1. The molecular formula is C10H12O4. The number of Topliss-reactive ketones (excluding diaryl/α,β-unsaturated/α-hetero) is 1. The van der Waals surface area contributed by atoms with Crippen LogP contribution in [0, 0.1) is 6.92 Å². The summed E-state index contributed by atoms with van der Waals surface area (Å²) in [5.41, 5.74) is -1.00. The van der Waals surface area contributed by atoms with Gasteiger partial charge >= 0.3 is 5.63 Å². The lowest BCUT2D eigenvalue weighted by molar-refractivity contribution is 0.0974. The number of aryl methyl sites for hydroxylation is 1. The summed E-state index contributed by atoms with van der Waals surface area (Å²) in [5.74, 6) is -0.378. The zero-order valence-corrected chi connectivity index (χ0v) is 8.16. The monoisotopic (exact) mass is 196 g/mol. The molecule has 0 amide bonds. The van der Waals surface area contributed by atoms with Crippen molar-refractivity contribution >= 4 is 5.78 Å². The molecule has 1 N–H and O–H groups in total. The third-order valence-corrected chi connectivity index (χ3v) is 1.81. The lowest BCUT2D eigenvalue weighted by Crippen LogP contribution is -2.14. The van der Waals surface area contributed by atoms with E-state index in [2.05, 4.69) is 0 Å². The molecule has 1 heterocycles. The Morgan fingerprint density at radius 2 is 2.21 bits per heavy atom. The first-order valence-electron chi connectivity index (χ1n) is 4.43. The van der Waals surface area contributed by atoms with Crippen LogP contribution in [0.5, 0.6) is 5.75 Å². The van der Waals surface area contributed by atoms with E-state index in [0.717, 1.165) is 0 Å². The summed E-state index contributed by atoms with van der Waals surface area (Å²) < 4.78 is 4.72. The molecule has 4 nitrogen and oxygen atoms in total. The number of ketones is 1. The summed E-state index contributed by atoms with van der Waals surface area (Å²) in [6, 6.07) is 1.27. The van der Waals surface area contributed by atoms with Gasteiger partial charge in [-0.2, -0.15) is 0 Å². The number of hydrogen-bond donors (Lipinski definition) is 1. The fraction of sp³-hybridized carbons (Fsp3) is 0.400. The van der Waals surface area contributed by atoms with Gasteiger partial charge in [0.1, 0.15) is 17.1 Å². The Hall–Kier alpha value is -1.58. The molecule has 0 fully saturated rings. The Morgan fingerprint density at radius 1 is 1.57 bits per heavy atom. The molecule has 0 unspecified atom stereocenters. The molecule has 0 aromatic carbocycles. The highest BCUT2D eigenvalue weighted by Gasteiger charge is 2.16. The van der Waals surface area contributed by atoms with Crippen LogP contribution in [0.4, 0.5) is 0 Å². The minimum absolute atomic E-state index is 0.237. The second-order valence-electron chi connectivity index (χ2n) is 3.08. The van der Waals surface area contributed by atoms with E-state index in [1.54, 1.807) is 0 Å². The molecule has 0 aliphatic rings. The molecule has 0 aliphatic heterocycles. The zero-order valence-electron chi connectivity index (χ0n) is 8.16. The molecule has 76 valence electrons. The van der Waals surface area contributed by atoms with Crippen molar-refractivity contribution < 1.29 is 14.3 Å². The van der Waals surface area contributed by atoms with Gasteiger partial charge in [-0.1, -0.05) is 6.92 Å². The summed E-state index contributed by atoms with van der Waals surface area (Å²) in [4.78, 5) is 22.6. The number of carbonyl (C=O) groups is 1. The average Bonchev–Trinajstić information content (AvgIpc) is 2.01. The molecule has 1 aromatic heterocycles. The van der Waals surface area contributed by atoms with Gasteiger partial charge in [-0.3, -0.25) is 4.79 Å². The van der Waals surface area contributed by atoms with Crippen LogP contribution in [0.25, 0.3) is 0 Å². The first-order valence-corrected chi connectivity index (χ1v) is 4.43. The number of carbonyl (C=O) groups excluding carboxylic acids is 1. The van der Waals surface area contributed by atoms with Crippen molar-refractivity contribution in [1.29, 1.82) is 0 Å². The highest BCUT2D eigenvalue weighted by molar-refractivity contribution is 5.97. The predicted molar refractivity (Wildman–Crippen MR) is 50.6 cm³/mol. The van der Waals surface area contributed by atoms with Crippen LogP contribution in [0.3, 0.4) is 0 Å². The van der Waals surface area contributed by atoms with E-state index in [1.807, 2.05) is 6.92 Å². The largest absolute Gasteiger partial charge is 0.507 e. The molecule has 14 heavy (non-hydrogen) atoms. The Labute approximate surface area is 81.2 Å². The van der Waals surface area contributed by atoms with Gasteiger partial charge in [-0.25, -0.2) is 4.79 Å². The minimum atomic E-state index is -0.763. The molecule has 0 saturated heterocycles. The zero-order chi connectivity index (χ0) is 10.7. The Kier molecular flexibility index (Phi) is 3.06. The van der Waals surface area contributed by atoms with Crippen LogP contribution < -0.4 is 5.63 Å². The Balaban J connectivity index is 3.21. The van der Waals surface area contributed by atoms with Crippen LogP contribution in [0.1, 0.15) is 35.9 Å². The number of hydrogen-bond acceptors (Lipinski definition) is 4. The molecule has 0 bridgehead atoms. The molecule has 0 radical (unpaired) electrons. The molecule has 4 heteroatoms. The molecule has 0 aliphatic carbocycles. The maximum atomic E-state index is 11.4. The first-order chi connectivity index (χ1) is 6.56. The highest BCUT2D eigenvalue weighted by atomic mass is 16.4. The van der Waals surface area contributed by atoms with Crippen molar-refractivity contribution in [3.8, 4) is 5.75 Å². The van der Waals surface area contributed by atoms with E-state index in [4.69, 9.17) is 4.42 Å². The molecule has 1 rings (SSSR count). The fourth-order valence-electron chi connectivity index (χ4n) is 1.20. The SMILES string of the molecule is CCCC(=O)c1c(O)cc(C)oc1=O. The summed E-state index contributed by atoms with van der Waals surface area (Å²) in [6.07, 6.45) is 0.868. The Bertz CT molecular complexity index is 403. The number of aromatic hydroxyl groups is 1. The molecule has 0 saturated carbocycles. The average molecular weight is 196 g/mol. The van der Waals surface area contributed by atoms with E-state index in [-0.39, 0.29) is 23.5 Å². The molecule has 0 atom stereocenters. The fourth-order valence-corrected chi connectivity index (χ4v) is 1.20. The van der Waals surface area contributed by atoms with E-state index in [9.17, 15) is 14.7 Å². The molecule has 0 spiro atoms. The summed E-state index contributed by atoms with van der Waals surface area (Å²) >= 11 is 0. The van der Waals surface area contributed by atoms with Gasteiger partial charge in [0.05, 0.1) is 0 Å². The first kappa shape index (κ1) is 10.5. The topological polar surface area (TPSA) is 67.5 Å². The van der Waals surface area contributed by atoms with Gasteiger partial charge in [0, 0.05) is 12.5 Å². The van der Waals surface area contributed by atoms with Crippen molar-refractivity contribution in [3.63, 3.8) is 0 Å². The highest BCUT2D eigenvalue weighted by Crippen LogP contribution is 2.16. The maximum absolute atomic E-state index is 11.4. The van der Waals surface area contributed by atoms with Crippen molar-refractivity contribution in [1.82, 2.24) is 0 Å². The lowest BCUT2D eigenvalue weighted by Gasteiger charge is -2.01. The van der Waals surface area contributed by atoms with E-state index < -0.39 is 5.63 Å². The normalized spacial score (nSPS) is 10.1.